The van der Waals surface area contributed by atoms with Crippen LogP contribution < -0.4 is 25.8 Å². The van der Waals surface area contributed by atoms with Gasteiger partial charge in [0.25, 0.3) is 0 Å². The zero-order valence-electron chi connectivity index (χ0n) is 22.7. The maximum Gasteiger partial charge on any atom is 0.247 e. The lowest BCUT2D eigenvalue weighted by Gasteiger charge is -2.23. The van der Waals surface area contributed by atoms with Crippen molar-refractivity contribution in [2.45, 2.75) is 19.0 Å². The van der Waals surface area contributed by atoms with Crippen molar-refractivity contribution in [1.29, 1.82) is 0 Å². The van der Waals surface area contributed by atoms with Gasteiger partial charge in [0.15, 0.2) is 5.84 Å². The van der Waals surface area contributed by atoms with E-state index in [4.69, 9.17) is 48.4 Å². The minimum atomic E-state index is -0.347. The Morgan fingerprint density at radius 3 is 2.58 bits per heavy atom. The number of halogens is 2. The molecule has 1 unspecified atom stereocenters. The molecule has 0 aliphatic carbocycles. The Hall–Kier alpha value is -3.79. The Kier molecular flexibility index (Phi) is 9.19. The number of carbonyl (C=O) groups excluding carboxylic acids is 1. The number of rotatable bonds is 8. The molecule has 4 rings (SSSR count). The van der Waals surface area contributed by atoms with E-state index in [1.165, 1.54) is 20.3 Å². The molecular formula is C29H32Cl2N6O3. The predicted molar refractivity (Wildman–Crippen MR) is 164 cm³/mol. The van der Waals surface area contributed by atoms with Crippen molar-refractivity contribution >= 4 is 57.7 Å². The normalized spacial score (nSPS) is 18.3. The van der Waals surface area contributed by atoms with Crippen LogP contribution >= 0.6 is 23.2 Å². The molecule has 2 aliphatic heterocycles. The molecule has 1 amide bonds. The fraction of sp³-hybridized carbons (Fsp3) is 0.276. The number of likely N-dealkylation sites (N-methyl/N-ethyl adjacent to an activating group) is 1. The molecule has 11 heteroatoms. The van der Waals surface area contributed by atoms with Crippen molar-refractivity contribution in [3.8, 4) is 11.5 Å². The summed E-state index contributed by atoms with van der Waals surface area (Å²) in [5.41, 5.74) is 10.2. The molecule has 2 aromatic carbocycles. The lowest BCUT2D eigenvalue weighted by molar-refractivity contribution is -0.111. The van der Waals surface area contributed by atoms with Gasteiger partial charge in [0.05, 0.1) is 47.9 Å². The third-order valence-electron chi connectivity index (χ3n) is 6.68. The van der Waals surface area contributed by atoms with Crippen LogP contribution in [0, 0.1) is 0 Å². The highest BCUT2D eigenvalue weighted by atomic mass is 35.5. The minimum Gasteiger partial charge on any atom is -0.495 e. The lowest BCUT2D eigenvalue weighted by atomic mass is 10.0. The van der Waals surface area contributed by atoms with Gasteiger partial charge in [-0.25, -0.2) is 4.99 Å². The number of hydrogen-bond donors (Lipinski definition) is 3. The summed E-state index contributed by atoms with van der Waals surface area (Å²) >= 11 is 13.4. The molecule has 4 N–H and O–H groups in total. The Morgan fingerprint density at radius 1 is 1.27 bits per heavy atom. The molecule has 0 spiro atoms. The van der Waals surface area contributed by atoms with Crippen LogP contribution in [0.5, 0.6) is 11.5 Å². The van der Waals surface area contributed by atoms with Crippen LogP contribution in [0.15, 0.2) is 65.1 Å². The number of anilines is 2. The second-order valence-electron chi connectivity index (χ2n) is 9.43. The van der Waals surface area contributed by atoms with Crippen molar-refractivity contribution in [3.05, 3.63) is 76.3 Å². The minimum absolute atomic E-state index is 0.161. The number of nitrogen functional groups attached to an aromatic ring is 1. The molecule has 2 aromatic rings. The van der Waals surface area contributed by atoms with Crippen LogP contribution in [0.25, 0.3) is 5.70 Å². The van der Waals surface area contributed by atoms with Crippen LogP contribution in [0.4, 0.5) is 11.4 Å². The zero-order valence-corrected chi connectivity index (χ0v) is 24.2. The summed E-state index contributed by atoms with van der Waals surface area (Å²) < 4.78 is 10.9. The first-order valence-electron chi connectivity index (χ1n) is 12.6. The van der Waals surface area contributed by atoms with Crippen molar-refractivity contribution in [1.82, 2.24) is 10.2 Å². The second-order valence-corrected chi connectivity index (χ2v) is 10.2. The Morgan fingerprint density at radius 2 is 1.98 bits per heavy atom. The molecule has 40 heavy (non-hydrogen) atoms. The van der Waals surface area contributed by atoms with Gasteiger partial charge in [0.2, 0.25) is 5.91 Å². The number of para-hydroxylation sites is 1. The summed E-state index contributed by atoms with van der Waals surface area (Å²) in [6.07, 6.45) is 3.91. The molecule has 0 saturated carbocycles. The number of methoxy groups -OCH3 is 2. The van der Waals surface area contributed by atoms with Crippen LogP contribution in [-0.4, -0.2) is 62.8 Å². The molecule has 1 atom stereocenters. The molecule has 210 valence electrons. The standard InChI is InChI=1S/C29H32Cl2N6O3/c1-6-23(38)35-19-9-7-8-17(27(19)32)14-33-28-16(2)12-20(36-29(28)34-18-10-11-37(3)15-18)24-25(30)21(39-4)13-22(40-5)26(24)31/h6-9,12-13,18H,1-2,10-11,14-15,32H2,3-5H3,(H,34,36)(H,35,38)/b33-28-. The van der Waals surface area contributed by atoms with Gasteiger partial charge in [-0.15, -0.1) is 0 Å². The molecule has 2 aliphatic rings. The number of likely N-dealkylation sites (tertiary alicyclic amines) is 1. The molecule has 1 fully saturated rings. The van der Waals surface area contributed by atoms with Gasteiger partial charge in [-0.1, -0.05) is 48.5 Å². The monoisotopic (exact) mass is 582 g/mol. The topological polar surface area (TPSA) is 114 Å². The van der Waals surface area contributed by atoms with Gasteiger partial charge >= 0.3 is 0 Å². The maximum absolute atomic E-state index is 11.8. The van der Waals surface area contributed by atoms with E-state index < -0.39 is 0 Å². The summed E-state index contributed by atoms with van der Waals surface area (Å²) in [4.78, 5) is 23.8. The summed E-state index contributed by atoms with van der Waals surface area (Å²) in [5, 5.41) is 6.88. The van der Waals surface area contributed by atoms with Crippen molar-refractivity contribution in [2.24, 2.45) is 9.98 Å². The maximum atomic E-state index is 11.8. The second kappa shape index (κ2) is 12.6. The van der Waals surface area contributed by atoms with Crippen LogP contribution in [-0.2, 0) is 11.3 Å². The van der Waals surface area contributed by atoms with E-state index in [1.54, 1.807) is 24.3 Å². The van der Waals surface area contributed by atoms with Gasteiger partial charge in [0, 0.05) is 24.2 Å². The largest absolute Gasteiger partial charge is 0.495 e. The number of nitrogens with one attached hydrogen (secondary N) is 2. The molecule has 2 heterocycles. The number of ether oxygens (including phenoxy) is 2. The average Bonchev–Trinajstić information content (AvgIpc) is 3.34. The number of amidine groups is 1. The number of nitrogens with zero attached hydrogens (tertiary/aromatic N) is 3. The molecule has 9 nitrogen and oxygen atoms in total. The first-order chi connectivity index (χ1) is 19.2. The highest BCUT2D eigenvalue weighted by Gasteiger charge is 2.28. The van der Waals surface area contributed by atoms with E-state index in [0.29, 0.717) is 61.3 Å². The van der Waals surface area contributed by atoms with E-state index in [0.717, 1.165) is 25.1 Å². The first-order valence-corrected chi connectivity index (χ1v) is 13.3. The van der Waals surface area contributed by atoms with Gasteiger partial charge in [-0.2, -0.15) is 0 Å². The summed E-state index contributed by atoms with van der Waals surface area (Å²) in [5.74, 6) is 1.02. The van der Waals surface area contributed by atoms with Gasteiger partial charge < -0.3 is 30.7 Å². The van der Waals surface area contributed by atoms with Crippen molar-refractivity contribution in [2.75, 3.05) is 45.4 Å². The predicted octanol–water partition coefficient (Wildman–Crippen LogP) is 4.96. The summed E-state index contributed by atoms with van der Waals surface area (Å²) in [6.45, 7) is 9.81. The third-order valence-corrected chi connectivity index (χ3v) is 7.43. The van der Waals surface area contributed by atoms with E-state index in [-0.39, 0.29) is 18.5 Å². The number of hydrogen-bond acceptors (Lipinski definition) is 8. The smallest absolute Gasteiger partial charge is 0.247 e. The Balaban J connectivity index is 1.74. The quantitative estimate of drug-likeness (QED) is 0.299. The van der Waals surface area contributed by atoms with Crippen LogP contribution in [0.3, 0.4) is 0 Å². The van der Waals surface area contributed by atoms with E-state index in [9.17, 15) is 4.79 Å². The SMILES string of the molecule is C=CC(=O)Nc1cccc(C/N=C2/C(=C)C=C(c3c(Cl)c(OC)cc(OC)c3Cl)N=C2NC2CCN(C)C2)c1N. The molecule has 0 bridgehead atoms. The molecular weight excluding hydrogens is 551 g/mol. The first kappa shape index (κ1) is 29.2. The van der Waals surface area contributed by atoms with Gasteiger partial charge in [-0.05, 0) is 49.4 Å². The number of allylic oxidation sites excluding steroid dienone is 1. The number of carbonyl (C=O) groups is 1. The Bertz CT molecular complexity index is 1420. The van der Waals surface area contributed by atoms with Gasteiger partial charge in [0.1, 0.15) is 17.2 Å². The number of benzene rings is 2. The average molecular weight is 584 g/mol. The van der Waals surface area contributed by atoms with E-state index >= 15 is 0 Å². The lowest BCUT2D eigenvalue weighted by Crippen LogP contribution is -2.42. The number of amides is 1. The summed E-state index contributed by atoms with van der Waals surface area (Å²) in [6, 6.07) is 7.18. The highest BCUT2D eigenvalue weighted by Crippen LogP contribution is 2.45. The summed E-state index contributed by atoms with van der Waals surface area (Å²) in [7, 11) is 5.12. The molecule has 0 radical (unpaired) electrons. The fourth-order valence-corrected chi connectivity index (χ4v) is 5.26. The fourth-order valence-electron chi connectivity index (χ4n) is 4.56. The Labute approximate surface area is 244 Å². The van der Waals surface area contributed by atoms with Crippen LogP contribution in [0.2, 0.25) is 10.0 Å². The van der Waals surface area contributed by atoms with Crippen LogP contribution in [0.1, 0.15) is 17.5 Å². The zero-order chi connectivity index (χ0) is 29.0. The van der Waals surface area contributed by atoms with E-state index in [2.05, 4.69) is 35.7 Å². The third kappa shape index (κ3) is 6.17. The molecule has 1 saturated heterocycles. The van der Waals surface area contributed by atoms with Crippen molar-refractivity contribution in [3.63, 3.8) is 0 Å². The van der Waals surface area contributed by atoms with E-state index in [1.807, 2.05) is 6.07 Å². The van der Waals surface area contributed by atoms with Gasteiger partial charge in [-0.3, -0.25) is 9.79 Å². The molecule has 0 aromatic heterocycles. The number of nitrogens with two attached hydrogens (primary N) is 1. The van der Waals surface area contributed by atoms with Crippen molar-refractivity contribution < 1.29 is 14.3 Å². The highest BCUT2D eigenvalue weighted by molar-refractivity contribution is 6.50. The number of aliphatic imine (C=N–C) groups is 2.